The van der Waals surface area contributed by atoms with Crippen LogP contribution in [0, 0.1) is 31.4 Å². The Bertz CT molecular complexity index is 2470. The first-order valence-corrected chi connectivity index (χ1v) is 17.3. The highest BCUT2D eigenvalue weighted by Crippen LogP contribution is 2.41. The standard InChI is InChI=1S/C40H32Cl2F2N2O7/c1-5-19(2)36(37-21(4)46(32-17-29(43)33(47)14-28(32)37)39(51)23-8-12-25(42)13-9-23)40(52)53-34-15-27-26(16-35(48)49)20(3)45(31(27)18-30(34)44)38(50)22-6-10-24(41)11-7-22/h6-15,17-19,36,47H,5,16H2,1-4H3,(H,48,49). The summed E-state index contributed by atoms with van der Waals surface area (Å²) in [7, 11) is 0. The predicted molar refractivity (Wildman–Crippen MR) is 196 cm³/mol. The maximum absolute atomic E-state index is 16.0. The van der Waals surface area contributed by atoms with Crippen LogP contribution in [-0.4, -0.2) is 43.1 Å². The van der Waals surface area contributed by atoms with E-state index in [9.17, 15) is 33.8 Å². The van der Waals surface area contributed by atoms with Gasteiger partial charge in [-0.1, -0.05) is 43.5 Å². The smallest absolute Gasteiger partial charge is 0.319 e. The van der Waals surface area contributed by atoms with Crippen LogP contribution >= 0.6 is 23.2 Å². The van der Waals surface area contributed by atoms with E-state index in [4.69, 9.17) is 27.9 Å². The van der Waals surface area contributed by atoms with Crippen molar-refractivity contribution in [2.45, 2.75) is 46.5 Å². The van der Waals surface area contributed by atoms with E-state index in [-0.39, 0.29) is 55.4 Å². The van der Waals surface area contributed by atoms with Crippen LogP contribution in [0.1, 0.15) is 69.4 Å². The molecule has 6 aromatic rings. The maximum Gasteiger partial charge on any atom is 0.319 e. The van der Waals surface area contributed by atoms with Gasteiger partial charge in [-0.15, -0.1) is 0 Å². The highest BCUT2D eigenvalue weighted by Gasteiger charge is 2.36. The van der Waals surface area contributed by atoms with Crippen molar-refractivity contribution in [3.63, 3.8) is 0 Å². The van der Waals surface area contributed by atoms with E-state index in [0.717, 1.165) is 18.2 Å². The molecule has 13 heteroatoms. The molecule has 0 bridgehead atoms. The molecule has 9 nitrogen and oxygen atoms in total. The Labute approximate surface area is 311 Å². The number of carboxylic acid groups (broad SMARTS) is 1. The number of phenols is 1. The number of halogens is 4. The minimum Gasteiger partial charge on any atom is -0.505 e. The molecule has 0 aliphatic rings. The molecular formula is C40H32Cl2F2N2O7. The van der Waals surface area contributed by atoms with Gasteiger partial charge in [-0.3, -0.25) is 28.3 Å². The molecule has 0 saturated heterocycles. The third-order valence-corrected chi connectivity index (χ3v) is 10.1. The molecule has 2 aromatic heterocycles. The van der Waals surface area contributed by atoms with Crippen molar-refractivity contribution in [3.05, 3.63) is 128 Å². The highest BCUT2D eigenvalue weighted by atomic mass is 35.5. The summed E-state index contributed by atoms with van der Waals surface area (Å²) in [4.78, 5) is 53.8. The molecule has 0 spiro atoms. The molecule has 0 fully saturated rings. The van der Waals surface area contributed by atoms with Crippen molar-refractivity contribution in [2.24, 2.45) is 5.92 Å². The zero-order valence-electron chi connectivity index (χ0n) is 28.8. The fourth-order valence-electron chi connectivity index (χ4n) is 6.78. The van der Waals surface area contributed by atoms with Gasteiger partial charge in [-0.2, -0.15) is 0 Å². The lowest BCUT2D eigenvalue weighted by Crippen LogP contribution is -2.26. The Balaban J connectivity index is 1.48. The molecule has 2 heterocycles. The van der Waals surface area contributed by atoms with Crippen LogP contribution in [0.3, 0.4) is 0 Å². The zero-order valence-corrected chi connectivity index (χ0v) is 30.4. The second-order valence-corrected chi connectivity index (χ2v) is 13.7. The van der Waals surface area contributed by atoms with Crippen molar-refractivity contribution in [3.8, 4) is 11.5 Å². The largest absolute Gasteiger partial charge is 0.505 e. The average molecular weight is 762 g/mol. The van der Waals surface area contributed by atoms with E-state index >= 15 is 4.39 Å². The van der Waals surface area contributed by atoms with Crippen LogP contribution < -0.4 is 4.74 Å². The Morgan fingerprint density at radius 2 is 1.28 bits per heavy atom. The topological polar surface area (TPSA) is 128 Å². The fraction of sp³-hybridized carbons (Fsp3) is 0.200. The number of nitrogens with zero attached hydrogens (tertiary/aromatic N) is 2. The number of rotatable bonds is 9. The maximum atomic E-state index is 16.0. The molecule has 4 aromatic carbocycles. The molecule has 53 heavy (non-hydrogen) atoms. The number of aromatic nitrogens is 2. The van der Waals surface area contributed by atoms with E-state index in [0.29, 0.717) is 16.5 Å². The Morgan fingerprint density at radius 1 is 0.774 bits per heavy atom. The fourth-order valence-corrected chi connectivity index (χ4v) is 7.03. The lowest BCUT2D eigenvalue weighted by molar-refractivity contribution is -0.138. The van der Waals surface area contributed by atoms with Gasteiger partial charge < -0.3 is 14.9 Å². The quantitative estimate of drug-likeness (QED) is 0.111. The minimum absolute atomic E-state index is 0.0617. The summed E-state index contributed by atoms with van der Waals surface area (Å²) < 4.78 is 39.1. The first kappa shape index (κ1) is 37.2. The summed E-state index contributed by atoms with van der Waals surface area (Å²) in [5.41, 5.74) is 1.58. The third kappa shape index (κ3) is 6.78. The number of carbonyl (C=O) groups excluding carboxylic acids is 3. The molecule has 0 saturated carbocycles. The first-order chi connectivity index (χ1) is 25.1. The lowest BCUT2D eigenvalue weighted by atomic mass is 9.84. The van der Waals surface area contributed by atoms with E-state index in [1.54, 1.807) is 13.8 Å². The van der Waals surface area contributed by atoms with E-state index < -0.39 is 65.1 Å². The Morgan fingerprint density at radius 3 is 1.81 bits per heavy atom. The van der Waals surface area contributed by atoms with Gasteiger partial charge in [-0.25, -0.2) is 8.78 Å². The highest BCUT2D eigenvalue weighted by molar-refractivity contribution is 6.31. The second kappa shape index (κ2) is 14.5. The van der Waals surface area contributed by atoms with Gasteiger partial charge >= 0.3 is 11.9 Å². The number of aromatic hydroxyl groups is 1. The number of hydrogen-bond acceptors (Lipinski definition) is 6. The van der Waals surface area contributed by atoms with E-state index in [2.05, 4.69) is 0 Å². The van der Waals surface area contributed by atoms with Crippen molar-refractivity contribution < 1.29 is 42.9 Å². The molecule has 0 amide bonds. The van der Waals surface area contributed by atoms with Crippen LogP contribution in [0.25, 0.3) is 21.8 Å². The average Bonchev–Trinajstić information content (AvgIpc) is 3.52. The molecule has 2 unspecified atom stereocenters. The van der Waals surface area contributed by atoms with Crippen LogP contribution in [0.15, 0.2) is 72.8 Å². The second-order valence-electron chi connectivity index (χ2n) is 12.8. The molecule has 0 aliphatic carbocycles. The number of benzene rings is 4. The number of ether oxygens (including phenoxy) is 1. The van der Waals surface area contributed by atoms with E-state index in [1.807, 2.05) is 6.92 Å². The summed E-state index contributed by atoms with van der Waals surface area (Å²) in [5.74, 6) is -8.08. The summed E-state index contributed by atoms with van der Waals surface area (Å²) in [6.45, 7) is 6.70. The van der Waals surface area contributed by atoms with Crippen molar-refractivity contribution >= 4 is 68.8 Å². The van der Waals surface area contributed by atoms with Crippen LogP contribution in [-0.2, 0) is 16.0 Å². The van der Waals surface area contributed by atoms with Crippen LogP contribution in [0.5, 0.6) is 11.5 Å². The van der Waals surface area contributed by atoms with Crippen LogP contribution in [0.2, 0.25) is 10.0 Å². The Hall–Kier alpha value is -5.52. The summed E-state index contributed by atoms with van der Waals surface area (Å²) in [6, 6.07) is 16.4. The summed E-state index contributed by atoms with van der Waals surface area (Å²) >= 11 is 12.0. The van der Waals surface area contributed by atoms with Crippen molar-refractivity contribution in [1.29, 1.82) is 0 Å². The number of carbonyl (C=O) groups is 4. The van der Waals surface area contributed by atoms with Gasteiger partial charge in [0.1, 0.15) is 0 Å². The van der Waals surface area contributed by atoms with Gasteiger partial charge in [0.05, 0.1) is 23.4 Å². The monoisotopic (exact) mass is 760 g/mol. The van der Waals surface area contributed by atoms with Crippen molar-refractivity contribution in [1.82, 2.24) is 9.13 Å². The summed E-state index contributed by atoms with van der Waals surface area (Å²) in [6.07, 6.45) is -0.0958. The third-order valence-electron chi connectivity index (χ3n) is 9.61. The molecule has 2 N–H and O–H groups in total. The molecule has 0 aliphatic heterocycles. The minimum atomic E-state index is -1.20. The van der Waals surface area contributed by atoms with Crippen molar-refractivity contribution in [2.75, 3.05) is 0 Å². The summed E-state index contributed by atoms with van der Waals surface area (Å²) in [5, 5.41) is 21.3. The SMILES string of the molecule is CCC(C)C(C(=O)Oc1cc2c(CC(=O)O)c(C)n(C(=O)c3ccc(Cl)cc3)c2cc1F)c1c(C)n(C(=O)c2ccc(Cl)cc2)c2cc(F)c(O)cc12. The number of aliphatic carboxylic acids is 1. The predicted octanol–water partition coefficient (Wildman–Crippen LogP) is 9.24. The number of phenolic OH excluding ortho intramolecular Hbond substituents is 1. The molecule has 272 valence electrons. The van der Waals surface area contributed by atoms with Gasteiger partial charge in [0.2, 0.25) is 0 Å². The lowest BCUT2D eigenvalue weighted by Gasteiger charge is -2.23. The number of esters is 1. The normalized spacial score (nSPS) is 12.6. The molecule has 6 rings (SSSR count). The first-order valence-electron chi connectivity index (χ1n) is 16.5. The van der Waals surface area contributed by atoms with Gasteiger partial charge in [0, 0.05) is 55.5 Å². The van der Waals surface area contributed by atoms with Gasteiger partial charge in [0.25, 0.3) is 11.8 Å². The van der Waals surface area contributed by atoms with Gasteiger partial charge in [-0.05, 0) is 91.6 Å². The number of carboxylic acids is 1. The molecule has 0 radical (unpaired) electrons. The Kier molecular flexibility index (Phi) is 10.2. The number of hydrogen-bond donors (Lipinski definition) is 2. The zero-order chi connectivity index (χ0) is 38.5. The molecule has 2 atom stereocenters. The molecular weight excluding hydrogens is 729 g/mol. The van der Waals surface area contributed by atoms with E-state index in [1.165, 1.54) is 70.7 Å². The number of fused-ring (bicyclic) bond motifs is 2. The van der Waals surface area contributed by atoms with Gasteiger partial charge in [0.15, 0.2) is 23.1 Å². The van der Waals surface area contributed by atoms with Crippen LogP contribution in [0.4, 0.5) is 8.78 Å².